The van der Waals surface area contributed by atoms with Crippen LogP contribution in [0.4, 0.5) is 9.18 Å². The van der Waals surface area contributed by atoms with E-state index in [1.165, 1.54) is 12.1 Å². The molecule has 0 bridgehead atoms. The molecule has 4 nitrogen and oxygen atoms in total. The van der Waals surface area contributed by atoms with Crippen LogP contribution in [0, 0.1) is 5.82 Å². The van der Waals surface area contributed by atoms with Gasteiger partial charge in [-0.05, 0) is 29.8 Å². The Balaban J connectivity index is 1.82. The van der Waals surface area contributed by atoms with Gasteiger partial charge in [0.15, 0.2) is 0 Å². The van der Waals surface area contributed by atoms with Gasteiger partial charge in [-0.25, -0.2) is 9.18 Å². The molecule has 2 aromatic carbocycles. The largest absolute Gasteiger partial charge is 0.329 e. The molecule has 0 radical (unpaired) electrons. The molecule has 1 saturated heterocycles. The van der Waals surface area contributed by atoms with Crippen molar-refractivity contribution in [1.29, 1.82) is 0 Å². The first-order valence-corrected chi connectivity index (χ1v) is 7.67. The first-order valence-electron chi connectivity index (χ1n) is 6.88. The molecule has 1 aliphatic heterocycles. The SMILES string of the molecule is O=C1N/C(=C\c2ccccc2F)C(=O)N1Cc1ccc(Br)cc1. The number of urea groups is 1. The molecule has 2 aromatic rings. The molecule has 116 valence electrons. The van der Waals surface area contributed by atoms with Crippen LogP contribution in [0.15, 0.2) is 58.7 Å². The fourth-order valence-electron chi connectivity index (χ4n) is 2.24. The Morgan fingerprint density at radius 3 is 2.48 bits per heavy atom. The van der Waals surface area contributed by atoms with Crippen molar-refractivity contribution in [2.24, 2.45) is 0 Å². The summed E-state index contributed by atoms with van der Waals surface area (Å²) in [5.74, 6) is -0.922. The highest BCUT2D eigenvalue weighted by Gasteiger charge is 2.33. The predicted molar refractivity (Wildman–Crippen MR) is 87.6 cm³/mol. The van der Waals surface area contributed by atoms with Crippen molar-refractivity contribution in [2.45, 2.75) is 6.54 Å². The normalized spacial score (nSPS) is 16.1. The van der Waals surface area contributed by atoms with Crippen molar-refractivity contribution in [3.8, 4) is 0 Å². The van der Waals surface area contributed by atoms with Crippen molar-refractivity contribution in [2.75, 3.05) is 0 Å². The van der Waals surface area contributed by atoms with Crippen molar-refractivity contribution in [3.63, 3.8) is 0 Å². The maximum atomic E-state index is 13.7. The minimum absolute atomic E-state index is 0.0669. The van der Waals surface area contributed by atoms with E-state index in [-0.39, 0.29) is 17.8 Å². The Kier molecular flexibility index (Phi) is 4.25. The third-order valence-corrected chi connectivity index (χ3v) is 3.95. The van der Waals surface area contributed by atoms with E-state index < -0.39 is 17.8 Å². The molecule has 1 fully saturated rings. The maximum Gasteiger partial charge on any atom is 0.329 e. The Morgan fingerprint density at radius 2 is 1.78 bits per heavy atom. The molecule has 6 heteroatoms. The van der Waals surface area contributed by atoms with Gasteiger partial charge in [-0.3, -0.25) is 9.69 Å². The summed E-state index contributed by atoms with van der Waals surface area (Å²) in [6.45, 7) is 0.159. The molecular weight excluding hydrogens is 363 g/mol. The molecule has 1 heterocycles. The summed E-state index contributed by atoms with van der Waals surface area (Å²) in [4.78, 5) is 25.4. The van der Waals surface area contributed by atoms with Gasteiger partial charge >= 0.3 is 6.03 Å². The monoisotopic (exact) mass is 374 g/mol. The smallest absolute Gasteiger partial charge is 0.303 e. The van der Waals surface area contributed by atoms with Gasteiger partial charge in [-0.1, -0.05) is 46.3 Å². The number of halogens is 2. The third kappa shape index (κ3) is 3.32. The summed E-state index contributed by atoms with van der Waals surface area (Å²) in [6.07, 6.45) is 1.34. The van der Waals surface area contributed by atoms with E-state index in [0.717, 1.165) is 14.9 Å². The topological polar surface area (TPSA) is 49.4 Å². The summed E-state index contributed by atoms with van der Waals surface area (Å²) >= 11 is 3.33. The molecule has 0 saturated carbocycles. The molecule has 0 unspecified atom stereocenters. The second-order valence-electron chi connectivity index (χ2n) is 5.03. The number of carbonyl (C=O) groups excluding carboxylic acids is 2. The summed E-state index contributed by atoms with van der Waals surface area (Å²) in [7, 11) is 0. The third-order valence-electron chi connectivity index (χ3n) is 3.42. The number of nitrogens with zero attached hydrogens (tertiary/aromatic N) is 1. The maximum absolute atomic E-state index is 13.7. The first-order chi connectivity index (χ1) is 11.0. The highest BCUT2D eigenvalue weighted by atomic mass is 79.9. The lowest BCUT2D eigenvalue weighted by Gasteiger charge is -2.11. The molecule has 0 aliphatic carbocycles. The van der Waals surface area contributed by atoms with Gasteiger partial charge in [0.2, 0.25) is 0 Å². The zero-order valence-electron chi connectivity index (χ0n) is 11.9. The molecule has 0 atom stereocenters. The van der Waals surface area contributed by atoms with Gasteiger partial charge in [0.25, 0.3) is 5.91 Å². The van der Waals surface area contributed by atoms with Gasteiger partial charge < -0.3 is 5.32 Å². The summed E-state index contributed by atoms with van der Waals surface area (Å²) in [5.41, 5.74) is 1.14. The molecule has 3 rings (SSSR count). The zero-order valence-corrected chi connectivity index (χ0v) is 13.5. The molecule has 1 N–H and O–H groups in total. The van der Waals surface area contributed by atoms with E-state index in [1.807, 2.05) is 24.3 Å². The summed E-state index contributed by atoms with van der Waals surface area (Å²) in [5, 5.41) is 2.48. The molecular formula is C17H12BrFN2O2. The highest BCUT2D eigenvalue weighted by Crippen LogP contribution is 2.19. The predicted octanol–water partition coefficient (Wildman–Crippen LogP) is 3.68. The van der Waals surface area contributed by atoms with Gasteiger partial charge in [0, 0.05) is 10.0 Å². The van der Waals surface area contributed by atoms with Crippen LogP contribution in [-0.2, 0) is 11.3 Å². The minimum atomic E-state index is -0.513. The fraction of sp³-hybridized carbons (Fsp3) is 0.0588. The van der Waals surface area contributed by atoms with Crippen LogP contribution in [0.25, 0.3) is 6.08 Å². The van der Waals surface area contributed by atoms with E-state index >= 15 is 0 Å². The number of hydrogen-bond acceptors (Lipinski definition) is 2. The number of imide groups is 1. The number of nitrogens with one attached hydrogen (secondary N) is 1. The zero-order chi connectivity index (χ0) is 16.4. The van der Waals surface area contributed by atoms with Crippen LogP contribution < -0.4 is 5.32 Å². The second kappa shape index (κ2) is 6.34. The summed E-state index contributed by atoms with van der Waals surface area (Å²) in [6, 6.07) is 12.9. The van der Waals surface area contributed by atoms with E-state index in [0.29, 0.717) is 0 Å². The molecule has 1 aliphatic rings. The van der Waals surface area contributed by atoms with Crippen LogP contribution in [0.3, 0.4) is 0 Å². The van der Waals surface area contributed by atoms with Crippen LogP contribution in [0.1, 0.15) is 11.1 Å². The quantitative estimate of drug-likeness (QED) is 0.657. The average Bonchev–Trinajstić information content (AvgIpc) is 2.79. The Hall–Kier alpha value is -2.47. The molecule has 0 spiro atoms. The van der Waals surface area contributed by atoms with Gasteiger partial charge in [0.1, 0.15) is 11.5 Å². The Labute approximate surface area is 140 Å². The lowest BCUT2D eigenvalue weighted by atomic mass is 10.1. The standard InChI is InChI=1S/C17H12BrFN2O2/c18-13-7-5-11(6-8-13)10-21-16(22)15(20-17(21)23)9-12-3-1-2-4-14(12)19/h1-9H,10H2,(H,20,23)/b15-9-. The van der Waals surface area contributed by atoms with Crippen molar-refractivity contribution in [3.05, 3.63) is 75.6 Å². The number of hydrogen-bond donors (Lipinski definition) is 1. The van der Waals surface area contributed by atoms with Gasteiger partial charge in [0.05, 0.1) is 6.54 Å². The van der Waals surface area contributed by atoms with Crippen molar-refractivity contribution < 1.29 is 14.0 Å². The van der Waals surface area contributed by atoms with E-state index in [4.69, 9.17) is 0 Å². The second-order valence-corrected chi connectivity index (χ2v) is 5.94. The molecule has 23 heavy (non-hydrogen) atoms. The fourth-order valence-corrected chi connectivity index (χ4v) is 2.50. The van der Waals surface area contributed by atoms with Crippen molar-refractivity contribution in [1.82, 2.24) is 10.2 Å². The Bertz CT molecular complexity index is 802. The summed E-state index contributed by atoms with van der Waals surface area (Å²) < 4.78 is 14.6. The molecule has 3 amide bonds. The Morgan fingerprint density at radius 1 is 1.09 bits per heavy atom. The lowest BCUT2D eigenvalue weighted by molar-refractivity contribution is -0.123. The van der Waals surface area contributed by atoms with E-state index in [9.17, 15) is 14.0 Å². The number of benzene rings is 2. The number of rotatable bonds is 3. The van der Waals surface area contributed by atoms with Gasteiger partial charge in [-0.15, -0.1) is 0 Å². The number of carbonyl (C=O) groups is 2. The number of amides is 3. The first kappa shape index (κ1) is 15.4. The van der Waals surface area contributed by atoms with Crippen LogP contribution in [0.2, 0.25) is 0 Å². The van der Waals surface area contributed by atoms with Crippen LogP contribution in [0.5, 0.6) is 0 Å². The minimum Gasteiger partial charge on any atom is -0.303 e. The highest BCUT2D eigenvalue weighted by molar-refractivity contribution is 9.10. The average molecular weight is 375 g/mol. The van der Waals surface area contributed by atoms with E-state index in [2.05, 4.69) is 21.2 Å². The van der Waals surface area contributed by atoms with E-state index in [1.54, 1.807) is 18.2 Å². The molecule has 0 aromatic heterocycles. The van der Waals surface area contributed by atoms with Crippen LogP contribution in [-0.4, -0.2) is 16.8 Å². The van der Waals surface area contributed by atoms with Crippen LogP contribution >= 0.6 is 15.9 Å². The van der Waals surface area contributed by atoms with Crippen molar-refractivity contribution >= 4 is 33.9 Å². The van der Waals surface area contributed by atoms with Gasteiger partial charge in [-0.2, -0.15) is 0 Å². The lowest BCUT2D eigenvalue weighted by Crippen LogP contribution is -2.30.